The SMILES string of the molecule is CCc1nc(NC(=O)[C@H]2CCCN2)sc1C.O=C(O)C(F)(F)F. The minimum absolute atomic E-state index is 0.0331. The normalized spacial score (nSPS) is 17.3. The summed E-state index contributed by atoms with van der Waals surface area (Å²) in [5.41, 5.74) is 1.08. The largest absolute Gasteiger partial charge is 0.490 e. The number of carbonyl (C=O) groups is 2. The van der Waals surface area contributed by atoms with Crippen LogP contribution in [0.3, 0.4) is 0 Å². The van der Waals surface area contributed by atoms with Crippen molar-refractivity contribution >= 4 is 28.3 Å². The summed E-state index contributed by atoms with van der Waals surface area (Å²) in [7, 11) is 0. The zero-order valence-electron chi connectivity index (χ0n) is 12.7. The number of anilines is 1. The van der Waals surface area contributed by atoms with Gasteiger partial charge < -0.3 is 15.7 Å². The Balaban J connectivity index is 0.000000322. The summed E-state index contributed by atoms with van der Waals surface area (Å²) in [6.07, 6.45) is -2.16. The third kappa shape index (κ3) is 6.14. The highest BCUT2D eigenvalue weighted by Gasteiger charge is 2.38. The van der Waals surface area contributed by atoms with E-state index in [2.05, 4.69) is 22.5 Å². The molecule has 1 saturated heterocycles. The van der Waals surface area contributed by atoms with Crippen molar-refractivity contribution in [2.45, 2.75) is 45.3 Å². The zero-order valence-corrected chi connectivity index (χ0v) is 13.5. The van der Waals surface area contributed by atoms with Gasteiger partial charge in [0.05, 0.1) is 11.7 Å². The second kappa shape index (κ2) is 8.25. The molecule has 1 amide bonds. The van der Waals surface area contributed by atoms with Gasteiger partial charge in [-0.25, -0.2) is 9.78 Å². The summed E-state index contributed by atoms with van der Waals surface area (Å²) in [5, 5.41) is 13.9. The summed E-state index contributed by atoms with van der Waals surface area (Å²) in [5.74, 6) is -2.71. The first-order valence-electron chi connectivity index (χ1n) is 6.95. The maximum absolute atomic E-state index is 11.8. The van der Waals surface area contributed by atoms with E-state index in [4.69, 9.17) is 9.90 Å². The van der Waals surface area contributed by atoms with Crippen LogP contribution >= 0.6 is 11.3 Å². The molecule has 1 aromatic heterocycles. The number of aryl methyl sites for hydroxylation is 2. The lowest BCUT2D eigenvalue weighted by Crippen LogP contribution is -2.35. The van der Waals surface area contributed by atoms with Gasteiger partial charge >= 0.3 is 12.1 Å². The van der Waals surface area contributed by atoms with Crippen molar-refractivity contribution in [3.05, 3.63) is 10.6 Å². The average molecular weight is 353 g/mol. The Labute approximate surface area is 135 Å². The first-order chi connectivity index (χ1) is 10.6. The molecule has 1 aliphatic heterocycles. The lowest BCUT2D eigenvalue weighted by atomic mass is 10.2. The molecule has 0 radical (unpaired) electrons. The Morgan fingerprint density at radius 1 is 1.48 bits per heavy atom. The van der Waals surface area contributed by atoms with Crippen molar-refractivity contribution in [1.82, 2.24) is 10.3 Å². The molecule has 0 spiro atoms. The summed E-state index contributed by atoms with van der Waals surface area (Å²) in [4.78, 5) is 26.3. The van der Waals surface area contributed by atoms with Crippen molar-refractivity contribution in [1.29, 1.82) is 0 Å². The van der Waals surface area contributed by atoms with Crippen LogP contribution in [-0.2, 0) is 16.0 Å². The fourth-order valence-corrected chi connectivity index (χ4v) is 2.82. The number of alkyl halides is 3. The number of thiazole rings is 1. The number of halogens is 3. The quantitative estimate of drug-likeness (QED) is 0.776. The fourth-order valence-electron chi connectivity index (χ4n) is 1.91. The first kappa shape index (κ1) is 19.4. The highest BCUT2D eigenvalue weighted by atomic mass is 32.1. The Morgan fingerprint density at radius 2 is 2.09 bits per heavy atom. The third-order valence-electron chi connectivity index (χ3n) is 3.08. The van der Waals surface area contributed by atoms with E-state index < -0.39 is 12.1 Å². The topological polar surface area (TPSA) is 91.3 Å². The number of aromatic nitrogens is 1. The second-order valence-corrected chi connectivity index (χ2v) is 6.02. The van der Waals surface area contributed by atoms with Gasteiger partial charge in [-0.05, 0) is 32.7 Å². The van der Waals surface area contributed by atoms with E-state index in [1.807, 2.05) is 6.92 Å². The summed E-state index contributed by atoms with van der Waals surface area (Å²) >= 11 is 1.56. The molecule has 1 atom stereocenters. The number of hydrogen-bond donors (Lipinski definition) is 3. The van der Waals surface area contributed by atoms with Crippen molar-refractivity contribution in [2.24, 2.45) is 0 Å². The summed E-state index contributed by atoms with van der Waals surface area (Å²) in [6, 6.07) is -0.0331. The molecule has 1 aliphatic rings. The standard InChI is InChI=1S/C11H17N3OS.C2HF3O2/c1-3-8-7(2)16-11(13-8)14-10(15)9-5-4-6-12-9;3-2(4,5)1(6)7/h9,12H,3-6H2,1-2H3,(H,13,14,15);(H,6,7)/t9-;/m1./s1. The van der Waals surface area contributed by atoms with Gasteiger partial charge in [-0.15, -0.1) is 11.3 Å². The van der Waals surface area contributed by atoms with Gasteiger partial charge in [0.25, 0.3) is 0 Å². The highest BCUT2D eigenvalue weighted by Crippen LogP contribution is 2.22. The van der Waals surface area contributed by atoms with E-state index in [1.54, 1.807) is 11.3 Å². The molecule has 0 aliphatic carbocycles. The molecule has 3 N–H and O–H groups in total. The number of carboxylic acids is 1. The molecule has 2 rings (SSSR count). The lowest BCUT2D eigenvalue weighted by Gasteiger charge is -2.08. The van der Waals surface area contributed by atoms with Crippen molar-refractivity contribution in [3.63, 3.8) is 0 Å². The molecule has 1 aromatic rings. The summed E-state index contributed by atoms with van der Waals surface area (Å²) in [6.45, 7) is 5.06. The van der Waals surface area contributed by atoms with Crippen LogP contribution in [0, 0.1) is 6.92 Å². The van der Waals surface area contributed by atoms with Gasteiger partial charge in [0.2, 0.25) is 5.91 Å². The first-order valence-corrected chi connectivity index (χ1v) is 7.77. The van der Waals surface area contributed by atoms with Crippen molar-refractivity contribution in [3.8, 4) is 0 Å². The van der Waals surface area contributed by atoms with E-state index in [0.717, 1.165) is 36.6 Å². The molecule has 130 valence electrons. The highest BCUT2D eigenvalue weighted by molar-refractivity contribution is 7.15. The number of carboxylic acid groups (broad SMARTS) is 1. The number of nitrogens with zero attached hydrogens (tertiary/aromatic N) is 1. The zero-order chi connectivity index (χ0) is 17.6. The molecule has 0 bridgehead atoms. The minimum atomic E-state index is -5.08. The molecule has 10 heteroatoms. The van der Waals surface area contributed by atoms with Crippen LogP contribution in [0.5, 0.6) is 0 Å². The van der Waals surface area contributed by atoms with Crippen LogP contribution in [-0.4, -0.2) is 40.7 Å². The van der Waals surface area contributed by atoms with Crippen LogP contribution in [0.2, 0.25) is 0 Å². The molecule has 0 unspecified atom stereocenters. The van der Waals surface area contributed by atoms with Crippen molar-refractivity contribution < 1.29 is 27.9 Å². The van der Waals surface area contributed by atoms with Gasteiger partial charge in [0.15, 0.2) is 5.13 Å². The lowest BCUT2D eigenvalue weighted by molar-refractivity contribution is -0.192. The second-order valence-electron chi connectivity index (χ2n) is 4.82. The molecular formula is C13H18F3N3O3S. The predicted octanol–water partition coefficient (Wildman–Crippen LogP) is 2.34. The molecule has 1 fully saturated rings. The van der Waals surface area contributed by atoms with Crippen LogP contribution in [0.15, 0.2) is 0 Å². The maximum Gasteiger partial charge on any atom is 0.490 e. The smallest absolute Gasteiger partial charge is 0.475 e. The predicted molar refractivity (Wildman–Crippen MR) is 79.6 cm³/mol. The number of rotatable bonds is 3. The van der Waals surface area contributed by atoms with Gasteiger partial charge in [0.1, 0.15) is 0 Å². The Morgan fingerprint density at radius 3 is 2.48 bits per heavy atom. The fraction of sp³-hybridized carbons (Fsp3) is 0.615. The minimum Gasteiger partial charge on any atom is -0.475 e. The number of nitrogens with one attached hydrogen (secondary N) is 2. The number of carbonyl (C=O) groups excluding carboxylic acids is 1. The molecule has 23 heavy (non-hydrogen) atoms. The molecule has 0 saturated carbocycles. The van der Waals surface area contributed by atoms with E-state index in [9.17, 15) is 18.0 Å². The van der Waals surface area contributed by atoms with Crippen LogP contribution in [0.1, 0.15) is 30.3 Å². The van der Waals surface area contributed by atoms with E-state index in [-0.39, 0.29) is 11.9 Å². The Hall–Kier alpha value is -1.68. The number of aliphatic carboxylic acids is 1. The third-order valence-corrected chi connectivity index (χ3v) is 4.01. The van der Waals surface area contributed by atoms with Crippen LogP contribution < -0.4 is 10.6 Å². The average Bonchev–Trinajstić information content (AvgIpc) is 3.07. The molecule has 6 nitrogen and oxygen atoms in total. The van der Waals surface area contributed by atoms with Gasteiger partial charge in [0, 0.05) is 4.88 Å². The van der Waals surface area contributed by atoms with E-state index in [1.165, 1.54) is 4.88 Å². The molecular weight excluding hydrogens is 335 g/mol. The molecule has 2 heterocycles. The monoisotopic (exact) mass is 353 g/mol. The van der Waals surface area contributed by atoms with Crippen LogP contribution in [0.25, 0.3) is 0 Å². The van der Waals surface area contributed by atoms with E-state index in [0.29, 0.717) is 0 Å². The summed E-state index contributed by atoms with van der Waals surface area (Å²) < 4.78 is 31.7. The number of hydrogen-bond acceptors (Lipinski definition) is 5. The van der Waals surface area contributed by atoms with Crippen LogP contribution in [0.4, 0.5) is 18.3 Å². The van der Waals surface area contributed by atoms with E-state index >= 15 is 0 Å². The maximum atomic E-state index is 11.8. The number of amides is 1. The molecule has 0 aromatic carbocycles. The van der Waals surface area contributed by atoms with Crippen molar-refractivity contribution in [2.75, 3.05) is 11.9 Å². The Bertz CT molecular complexity index is 554. The van der Waals surface area contributed by atoms with Gasteiger partial charge in [-0.3, -0.25) is 4.79 Å². The van der Waals surface area contributed by atoms with Gasteiger partial charge in [-0.2, -0.15) is 13.2 Å². The Kier molecular flexibility index (Phi) is 6.95. The van der Waals surface area contributed by atoms with Gasteiger partial charge in [-0.1, -0.05) is 6.92 Å².